The fraction of sp³-hybridized carbons (Fsp3) is 0.500. The van der Waals surface area contributed by atoms with Gasteiger partial charge in [0.15, 0.2) is 0 Å². The first-order valence-corrected chi connectivity index (χ1v) is 10.2. The number of halogens is 3. The van der Waals surface area contributed by atoms with Gasteiger partial charge >= 0.3 is 11.0 Å². The average Bonchev–Trinajstić information content (AvgIpc) is 3.25. The summed E-state index contributed by atoms with van der Waals surface area (Å²) in [4.78, 5) is 15.8. The van der Waals surface area contributed by atoms with E-state index in [9.17, 15) is 18.0 Å². The second-order valence-corrected chi connectivity index (χ2v) is 9.50. The number of alkyl halides is 3. The van der Waals surface area contributed by atoms with Gasteiger partial charge in [-0.3, -0.25) is 4.79 Å². The van der Waals surface area contributed by atoms with Crippen LogP contribution in [0, 0.1) is 17.8 Å². The Bertz CT molecular complexity index is 870. The Hall–Kier alpha value is -1.21. The molecule has 1 aliphatic heterocycles. The van der Waals surface area contributed by atoms with E-state index in [-0.39, 0.29) is 10.8 Å². The van der Waals surface area contributed by atoms with Crippen molar-refractivity contribution >= 4 is 23.1 Å². The molecular formula is C18H16F3NOS2. The van der Waals surface area contributed by atoms with Gasteiger partial charge in [0.1, 0.15) is 0 Å². The molecule has 0 spiro atoms. The quantitative estimate of drug-likeness (QED) is 0.742. The highest BCUT2D eigenvalue weighted by atomic mass is 32.2. The van der Waals surface area contributed by atoms with Crippen LogP contribution >= 0.6 is 23.1 Å². The standard InChI is InChI=1S/C18H16F3NOS2/c19-18(20,21)11-5-3-8(4-6-11)12-13-9-1-2-10(7-9)14(13)24-16-15(12)25-17(23)22-16/h3-6,9-10,12-14H,1-2,7H2,(H,22,23)/t9-,10-,12-,13-,14+/m1/s1. The minimum Gasteiger partial charge on any atom is -0.307 e. The number of thioether (sulfide) groups is 1. The zero-order chi connectivity index (χ0) is 17.3. The minimum atomic E-state index is -4.32. The smallest absolute Gasteiger partial charge is 0.307 e. The van der Waals surface area contributed by atoms with Crippen LogP contribution in [-0.2, 0) is 6.18 Å². The normalized spacial score (nSPS) is 33.3. The lowest BCUT2D eigenvalue weighted by molar-refractivity contribution is -0.137. The fourth-order valence-corrected chi connectivity index (χ4v) is 8.00. The first kappa shape index (κ1) is 16.0. The first-order valence-electron chi connectivity index (χ1n) is 8.48. The number of benzene rings is 1. The van der Waals surface area contributed by atoms with E-state index in [1.54, 1.807) is 23.9 Å². The highest BCUT2D eigenvalue weighted by Gasteiger charge is 2.54. The lowest BCUT2D eigenvalue weighted by Gasteiger charge is -2.40. The maximum absolute atomic E-state index is 12.9. The Morgan fingerprint density at radius 3 is 2.52 bits per heavy atom. The number of nitrogens with one attached hydrogen (secondary N) is 1. The number of aromatic nitrogens is 1. The summed E-state index contributed by atoms with van der Waals surface area (Å²) in [7, 11) is 0. The van der Waals surface area contributed by atoms with Crippen molar-refractivity contribution in [3.63, 3.8) is 0 Å². The number of fused-ring (bicyclic) bond motifs is 6. The largest absolute Gasteiger partial charge is 0.416 e. The summed E-state index contributed by atoms with van der Waals surface area (Å²) in [6.45, 7) is 0. The second-order valence-electron chi connectivity index (χ2n) is 7.30. The minimum absolute atomic E-state index is 0.0442. The molecule has 132 valence electrons. The van der Waals surface area contributed by atoms with Crippen LogP contribution in [0.4, 0.5) is 13.2 Å². The van der Waals surface area contributed by atoms with E-state index in [4.69, 9.17) is 0 Å². The molecule has 1 aromatic carbocycles. The Morgan fingerprint density at radius 2 is 1.80 bits per heavy atom. The van der Waals surface area contributed by atoms with Crippen molar-refractivity contribution in [3.05, 3.63) is 49.9 Å². The molecule has 5 atom stereocenters. The van der Waals surface area contributed by atoms with Crippen molar-refractivity contribution in [2.24, 2.45) is 17.8 Å². The third-order valence-corrected chi connectivity index (χ3v) is 8.69. The van der Waals surface area contributed by atoms with Gasteiger partial charge in [0.2, 0.25) is 0 Å². The van der Waals surface area contributed by atoms with Gasteiger partial charge in [-0.15, -0.1) is 11.8 Å². The maximum atomic E-state index is 12.9. The molecule has 0 unspecified atom stereocenters. The molecule has 0 saturated heterocycles. The topological polar surface area (TPSA) is 32.9 Å². The summed E-state index contributed by atoms with van der Waals surface area (Å²) in [5, 5.41) is 1.41. The molecule has 2 saturated carbocycles. The molecule has 2 aromatic rings. The van der Waals surface area contributed by atoms with Crippen molar-refractivity contribution in [1.29, 1.82) is 0 Å². The van der Waals surface area contributed by atoms with Crippen molar-refractivity contribution in [2.75, 3.05) is 0 Å². The number of H-pyrrole nitrogens is 1. The molecule has 2 bridgehead atoms. The summed E-state index contributed by atoms with van der Waals surface area (Å²) in [5.74, 6) is 1.77. The number of hydrogen-bond acceptors (Lipinski definition) is 3. The predicted molar refractivity (Wildman–Crippen MR) is 92.2 cm³/mol. The third kappa shape index (κ3) is 2.42. The monoisotopic (exact) mass is 383 g/mol. The summed E-state index contributed by atoms with van der Waals surface area (Å²) in [6, 6.07) is 5.57. The lowest BCUT2D eigenvalue weighted by Crippen LogP contribution is -2.33. The van der Waals surface area contributed by atoms with Crippen molar-refractivity contribution in [2.45, 2.75) is 41.6 Å². The molecule has 2 nitrogen and oxygen atoms in total. The maximum Gasteiger partial charge on any atom is 0.416 e. The Balaban J connectivity index is 1.61. The molecule has 7 heteroatoms. The fourth-order valence-electron chi connectivity index (χ4n) is 5.10. The molecular weight excluding hydrogens is 367 g/mol. The van der Waals surface area contributed by atoms with Crippen molar-refractivity contribution in [1.82, 2.24) is 4.98 Å². The molecule has 25 heavy (non-hydrogen) atoms. The van der Waals surface area contributed by atoms with E-state index in [2.05, 4.69) is 4.98 Å². The van der Waals surface area contributed by atoms with Gasteiger partial charge in [-0.1, -0.05) is 23.5 Å². The van der Waals surface area contributed by atoms with Crippen LogP contribution in [-0.4, -0.2) is 10.2 Å². The molecule has 1 N–H and O–H groups in total. The van der Waals surface area contributed by atoms with Gasteiger partial charge in [-0.25, -0.2) is 0 Å². The van der Waals surface area contributed by atoms with Crippen LogP contribution in [0.5, 0.6) is 0 Å². The molecule has 2 aliphatic carbocycles. The molecule has 0 amide bonds. The molecule has 2 fully saturated rings. The lowest BCUT2D eigenvalue weighted by atomic mass is 9.75. The van der Waals surface area contributed by atoms with Gasteiger partial charge < -0.3 is 4.98 Å². The van der Waals surface area contributed by atoms with E-state index >= 15 is 0 Å². The van der Waals surface area contributed by atoms with Crippen molar-refractivity contribution < 1.29 is 13.2 Å². The van der Waals surface area contributed by atoms with E-state index in [1.807, 2.05) is 0 Å². The van der Waals surface area contributed by atoms with E-state index in [1.165, 1.54) is 42.7 Å². The van der Waals surface area contributed by atoms with E-state index in [0.29, 0.717) is 23.0 Å². The number of hydrogen-bond donors (Lipinski definition) is 1. The van der Waals surface area contributed by atoms with Gasteiger partial charge in [0.25, 0.3) is 0 Å². The zero-order valence-electron chi connectivity index (χ0n) is 13.2. The Labute approximate surface area is 150 Å². The zero-order valence-corrected chi connectivity index (χ0v) is 14.8. The second kappa shape index (κ2) is 5.39. The highest BCUT2D eigenvalue weighted by Crippen LogP contribution is 2.63. The molecule has 3 aliphatic rings. The summed E-state index contributed by atoms with van der Waals surface area (Å²) >= 11 is 3.02. The number of thiazole rings is 1. The SMILES string of the molecule is O=c1[nH]c2c(s1)[C@H](c1ccc(C(F)(F)F)cc1)[C@H]1[C@@H]3CC[C@H](C3)[C@@H]1S2. The summed E-state index contributed by atoms with van der Waals surface area (Å²) in [6.07, 6.45) is -0.654. The van der Waals surface area contributed by atoms with Gasteiger partial charge in [-0.05, 0) is 54.7 Å². The highest BCUT2D eigenvalue weighted by molar-refractivity contribution is 8.00. The van der Waals surface area contributed by atoms with Crippen LogP contribution in [0.2, 0.25) is 0 Å². The molecule has 2 heterocycles. The summed E-state index contributed by atoms with van der Waals surface area (Å²) < 4.78 is 38.7. The van der Waals surface area contributed by atoms with E-state index < -0.39 is 11.7 Å². The van der Waals surface area contributed by atoms with Gasteiger partial charge in [-0.2, -0.15) is 13.2 Å². The van der Waals surface area contributed by atoms with Crippen molar-refractivity contribution in [3.8, 4) is 0 Å². The number of aromatic amines is 1. The Morgan fingerprint density at radius 1 is 1.08 bits per heavy atom. The predicted octanol–water partition coefficient (Wildman–Crippen LogP) is 5.11. The first-order chi connectivity index (χ1) is 11.9. The molecule has 0 radical (unpaired) electrons. The van der Waals surface area contributed by atoms with Gasteiger partial charge in [0.05, 0.1) is 10.6 Å². The number of rotatable bonds is 1. The molecule has 5 rings (SSSR count). The van der Waals surface area contributed by atoms with E-state index in [0.717, 1.165) is 15.5 Å². The van der Waals surface area contributed by atoms with Crippen LogP contribution in [0.15, 0.2) is 34.1 Å². The van der Waals surface area contributed by atoms with Crippen LogP contribution in [0.25, 0.3) is 0 Å². The third-order valence-electron chi connectivity index (χ3n) is 6.06. The molecule has 1 aromatic heterocycles. The summed E-state index contributed by atoms with van der Waals surface area (Å²) in [5.41, 5.74) is 0.292. The average molecular weight is 383 g/mol. The van der Waals surface area contributed by atoms with Crippen LogP contribution < -0.4 is 4.87 Å². The Kier molecular flexibility index (Phi) is 3.45. The van der Waals surface area contributed by atoms with Gasteiger partial charge in [0, 0.05) is 16.0 Å². The van der Waals surface area contributed by atoms with Crippen LogP contribution in [0.1, 0.15) is 41.2 Å². The van der Waals surface area contributed by atoms with Crippen LogP contribution in [0.3, 0.4) is 0 Å².